The van der Waals surface area contributed by atoms with Crippen LogP contribution in [0.3, 0.4) is 0 Å². The van der Waals surface area contributed by atoms with Crippen molar-refractivity contribution in [2.45, 2.75) is 12.8 Å². The van der Waals surface area contributed by atoms with E-state index < -0.39 is 0 Å². The summed E-state index contributed by atoms with van der Waals surface area (Å²) in [6.45, 7) is 1.85. The van der Waals surface area contributed by atoms with Gasteiger partial charge in [-0.1, -0.05) is 0 Å². The average Bonchev–Trinajstić information content (AvgIpc) is 3.05. The van der Waals surface area contributed by atoms with Crippen molar-refractivity contribution in [2.75, 3.05) is 37.0 Å². The van der Waals surface area contributed by atoms with Crippen LogP contribution in [0.25, 0.3) is 0 Å². The van der Waals surface area contributed by atoms with Crippen molar-refractivity contribution in [1.29, 1.82) is 0 Å². The van der Waals surface area contributed by atoms with Crippen LogP contribution in [0, 0.1) is 0 Å². The molecule has 0 aliphatic carbocycles. The van der Waals surface area contributed by atoms with Crippen LogP contribution in [-0.4, -0.2) is 51.9 Å². The highest BCUT2D eigenvalue weighted by molar-refractivity contribution is 5.40. The van der Waals surface area contributed by atoms with Crippen LogP contribution in [0.5, 0.6) is 11.9 Å². The third kappa shape index (κ3) is 3.38. The lowest BCUT2D eigenvalue weighted by Crippen LogP contribution is -2.23. The number of hydrogen-bond donors (Lipinski definition) is 0. The molecule has 1 aliphatic heterocycles. The lowest BCUT2D eigenvalue weighted by molar-refractivity contribution is 0.406. The zero-order valence-corrected chi connectivity index (χ0v) is 13.4. The number of nitrogens with zero attached hydrogens (tertiary/aromatic N) is 7. The smallest absolute Gasteiger partial charge is 0.330 e. The first-order valence-corrected chi connectivity index (χ1v) is 7.43. The van der Waals surface area contributed by atoms with Gasteiger partial charge in [0, 0.05) is 46.4 Å². The van der Waals surface area contributed by atoms with E-state index in [1.807, 2.05) is 14.1 Å². The Labute approximate surface area is 133 Å². The lowest BCUT2D eigenvalue weighted by atomic mass is 10.4. The molecular formula is C14H19N7O2. The first kappa shape index (κ1) is 15.2. The summed E-state index contributed by atoms with van der Waals surface area (Å²) in [5, 5.41) is 4.02. The molecule has 0 amide bonds. The van der Waals surface area contributed by atoms with Gasteiger partial charge in [-0.2, -0.15) is 15.0 Å². The van der Waals surface area contributed by atoms with Crippen LogP contribution in [0.2, 0.25) is 0 Å². The topological polar surface area (TPSA) is 89.3 Å². The molecule has 23 heavy (non-hydrogen) atoms. The monoisotopic (exact) mass is 317 g/mol. The molecule has 0 unspecified atom stereocenters. The van der Waals surface area contributed by atoms with Crippen molar-refractivity contribution < 1.29 is 4.74 Å². The Bertz CT molecular complexity index is 753. The Morgan fingerprint density at radius 3 is 2.52 bits per heavy atom. The Hall–Kier alpha value is -2.71. The van der Waals surface area contributed by atoms with Crippen LogP contribution in [0.1, 0.15) is 12.8 Å². The molecule has 0 N–H and O–H groups in total. The molecule has 1 saturated heterocycles. The van der Waals surface area contributed by atoms with E-state index in [0.29, 0.717) is 11.9 Å². The fraction of sp³-hybridized carbons (Fsp3) is 0.500. The molecule has 1 fully saturated rings. The summed E-state index contributed by atoms with van der Waals surface area (Å²) < 4.78 is 6.82. The number of anilines is 2. The van der Waals surface area contributed by atoms with Crippen LogP contribution < -0.4 is 20.1 Å². The van der Waals surface area contributed by atoms with E-state index in [0.717, 1.165) is 25.9 Å². The first-order valence-electron chi connectivity index (χ1n) is 7.43. The predicted octanol–water partition coefficient (Wildman–Crippen LogP) is 0.424. The molecule has 9 nitrogen and oxygen atoms in total. The van der Waals surface area contributed by atoms with Crippen molar-refractivity contribution in [3.8, 4) is 11.9 Å². The Kier molecular flexibility index (Phi) is 4.09. The van der Waals surface area contributed by atoms with Gasteiger partial charge < -0.3 is 14.5 Å². The second-order valence-electron chi connectivity index (χ2n) is 5.54. The Balaban J connectivity index is 1.93. The molecule has 3 rings (SSSR count). The molecule has 122 valence electrons. The van der Waals surface area contributed by atoms with Crippen molar-refractivity contribution in [3.63, 3.8) is 0 Å². The highest BCUT2D eigenvalue weighted by Gasteiger charge is 2.19. The van der Waals surface area contributed by atoms with Crippen LogP contribution in [0.4, 0.5) is 11.9 Å². The molecule has 0 aromatic carbocycles. The van der Waals surface area contributed by atoms with Crippen LogP contribution >= 0.6 is 0 Å². The zero-order valence-electron chi connectivity index (χ0n) is 13.4. The first-order chi connectivity index (χ1) is 11.0. The molecule has 0 atom stereocenters. The van der Waals surface area contributed by atoms with E-state index >= 15 is 0 Å². The quantitative estimate of drug-likeness (QED) is 0.802. The third-order valence-corrected chi connectivity index (χ3v) is 3.51. The largest absolute Gasteiger partial charge is 0.403 e. The van der Waals surface area contributed by atoms with E-state index in [1.54, 1.807) is 11.9 Å². The third-order valence-electron chi connectivity index (χ3n) is 3.51. The van der Waals surface area contributed by atoms with Crippen LogP contribution in [0.15, 0.2) is 16.9 Å². The van der Waals surface area contributed by atoms with Crippen molar-refractivity contribution >= 4 is 11.9 Å². The molecule has 3 heterocycles. The maximum atomic E-state index is 11.4. The minimum absolute atomic E-state index is 0.164. The second-order valence-corrected chi connectivity index (χ2v) is 5.54. The average molecular weight is 317 g/mol. The molecular weight excluding hydrogens is 298 g/mol. The highest BCUT2D eigenvalue weighted by atomic mass is 16.5. The summed E-state index contributed by atoms with van der Waals surface area (Å²) in [7, 11) is 5.28. The van der Waals surface area contributed by atoms with Gasteiger partial charge in [0.05, 0.1) is 0 Å². The van der Waals surface area contributed by atoms with Gasteiger partial charge in [-0.25, -0.2) is 4.68 Å². The maximum absolute atomic E-state index is 11.4. The number of aromatic nitrogens is 5. The maximum Gasteiger partial charge on any atom is 0.330 e. The minimum Gasteiger partial charge on any atom is -0.403 e. The molecule has 9 heteroatoms. The van der Waals surface area contributed by atoms with E-state index in [9.17, 15) is 4.79 Å². The molecule has 0 spiro atoms. The molecule has 1 aliphatic rings. The van der Waals surface area contributed by atoms with Gasteiger partial charge in [-0.05, 0) is 12.8 Å². The summed E-state index contributed by atoms with van der Waals surface area (Å²) >= 11 is 0. The number of hydrogen-bond acceptors (Lipinski definition) is 8. The number of rotatable bonds is 4. The molecule has 0 saturated carbocycles. The van der Waals surface area contributed by atoms with Gasteiger partial charge in [0.2, 0.25) is 17.8 Å². The fourth-order valence-electron chi connectivity index (χ4n) is 2.27. The summed E-state index contributed by atoms with van der Waals surface area (Å²) in [5.41, 5.74) is -0.209. The van der Waals surface area contributed by atoms with Crippen molar-refractivity contribution in [1.82, 2.24) is 24.7 Å². The van der Waals surface area contributed by atoms with Gasteiger partial charge in [0.15, 0.2) is 0 Å². The fourth-order valence-corrected chi connectivity index (χ4v) is 2.27. The van der Waals surface area contributed by atoms with E-state index in [4.69, 9.17) is 4.74 Å². The minimum atomic E-state index is -0.209. The second kappa shape index (κ2) is 6.19. The van der Waals surface area contributed by atoms with Gasteiger partial charge >= 0.3 is 6.01 Å². The number of ether oxygens (including phenoxy) is 1. The summed E-state index contributed by atoms with van der Waals surface area (Å²) in [5.74, 6) is 1.37. The normalized spacial score (nSPS) is 14.1. The zero-order chi connectivity index (χ0) is 16.4. The van der Waals surface area contributed by atoms with Crippen molar-refractivity contribution in [2.24, 2.45) is 7.05 Å². The van der Waals surface area contributed by atoms with Gasteiger partial charge in [0.1, 0.15) is 0 Å². The SMILES string of the molecule is CN(C)c1nc(Oc2ccc(=O)n(C)n2)nc(N2CCCC2)n1. The lowest BCUT2D eigenvalue weighted by Gasteiger charge is -2.18. The Morgan fingerprint density at radius 1 is 1.13 bits per heavy atom. The summed E-state index contributed by atoms with van der Waals surface area (Å²) in [4.78, 5) is 28.4. The summed E-state index contributed by atoms with van der Waals surface area (Å²) in [6, 6.07) is 3.05. The van der Waals surface area contributed by atoms with Crippen LogP contribution in [-0.2, 0) is 7.05 Å². The molecule has 0 radical (unpaired) electrons. The van der Waals surface area contributed by atoms with Gasteiger partial charge in [-0.15, -0.1) is 5.10 Å². The predicted molar refractivity (Wildman–Crippen MR) is 85.2 cm³/mol. The van der Waals surface area contributed by atoms with Gasteiger partial charge in [0.25, 0.3) is 5.56 Å². The molecule has 2 aromatic rings. The summed E-state index contributed by atoms with van der Waals surface area (Å²) in [6.07, 6.45) is 2.25. The van der Waals surface area contributed by atoms with Gasteiger partial charge in [-0.3, -0.25) is 4.79 Å². The molecule has 2 aromatic heterocycles. The molecule has 0 bridgehead atoms. The number of aryl methyl sites for hydroxylation is 1. The Morgan fingerprint density at radius 2 is 1.87 bits per heavy atom. The van der Waals surface area contributed by atoms with E-state index in [2.05, 4.69) is 25.0 Å². The van der Waals surface area contributed by atoms with Crippen molar-refractivity contribution in [3.05, 3.63) is 22.5 Å². The standard InChI is InChI=1S/C14H19N7O2/c1-19(2)12-15-13(21-8-4-5-9-21)17-14(16-12)23-10-6-7-11(22)20(3)18-10/h6-7H,4-5,8-9H2,1-3H3. The highest BCUT2D eigenvalue weighted by Crippen LogP contribution is 2.22. The van der Waals surface area contributed by atoms with E-state index in [1.165, 1.54) is 16.8 Å². The van der Waals surface area contributed by atoms with E-state index in [-0.39, 0.29) is 17.4 Å².